The molecule has 1 heterocycles. The van der Waals surface area contributed by atoms with Gasteiger partial charge in [0.05, 0.1) is 12.1 Å². The van der Waals surface area contributed by atoms with Crippen molar-refractivity contribution in [1.29, 1.82) is 0 Å². The molecule has 1 aliphatic rings. The average Bonchev–Trinajstić information content (AvgIpc) is 2.53. The van der Waals surface area contributed by atoms with Crippen LogP contribution in [0.1, 0.15) is 26.7 Å². The van der Waals surface area contributed by atoms with Gasteiger partial charge in [-0.1, -0.05) is 13.8 Å². The lowest BCUT2D eigenvalue weighted by molar-refractivity contribution is -0.122. The number of hydrogen-bond donors (Lipinski definition) is 2. The lowest BCUT2D eigenvalue weighted by Gasteiger charge is -2.18. The van der Waals surface area contributed by atoms with Crippen LogP contribution in [0, 0.1) is 5.92 Å². The highest BCUT2D eigenvalue weighted by Crippen LogP contribution is 2.10. The fourth-order valence-corrected chi connectivity index (χ4v) is 1.49. The van der Waals surface area contributed by atoms with Crippen molar-refractivity contribution in [3.05, 3.63) is 0 Å². The normalized spacial score (nSPS) is 26.2. The van der Waals surface area contributed by atoms with E-state index in [0.29, 0.717) is 0 Å². The summed E-state index contributed by atoms with van der Waals surface area (Å²) in [6.45, 7) is 4.93. The Morgan fingerprint density at radius 1 is 1.58 bits per heavy atom. The molecule has 0 radical (unpaired) electrons. The summed E-state index contributed by atoms with van der Waals surface area (Å²) in [6, 6.07) is -0.261. The molecule has 0 aliphatic carbocycles. The summed E-state index contributed by atoms with van der Waals surface area (Å²) < 4.78 is 0. The molecule has 0 amide bonds. The van der Waals surface area contributed by atoms with E-state index in [4.69, 9.17) is 5.73 Å². The third kappa shape index (κ3) is 2.05. The third-order valence-corrected chi connectivity index (χ3v) is 2.45. The molecule has 2 atom stereocenters. The highest BCUT2D eigenvalue weighted by Gasteiger charge is 2.27. The standard InChI is InChI=1S/C9H18N2O/c1-6(2)8(10)9(12)7-4-3-5-11-7/h6-8,11H,3-5,10H2,1-2H3/t7?,8-/m1/s1. The fourth-order valence-electron chi connectivity index (χ4n) is 1.49. The maximum atomic E-state index is 11.6. The Morgan fingerprint density at radius 3 is 2.67 bits per heavy atom. The van der Waals surface area contributed by atoms with Crippen molar-refractivity contribution < 1.29 is 4.79 Å². The quantitative estimate of drug-likeness (QED) is 0.640. The van der Waals surface area contributed by atoms with Gasteiger partial charge in [-0.3, -0.25) is 4.79 Å². The van der Waals surface area contributed by atoms with Gasteiger partial charge in [-0.2, -0.15) is 0 Å². The number of Topliss-reactive ketones (excluding diaryl/α,β-unsaturated/α-hetero) is 1. The molecule has 3 N–H and O–H groups in total. The molecule has 0 saturated carbocycles. The van der Waals surface area contributed by atoms with Crippen LogP contribution in [0.15, 0.2) is 0 Å². The van der Waals surface area contributed by atoms with Gasteiger partial charge in [0.25, 0.3) is 0 Å². The van der Waals surface area contributed by atoms with Crippen LogP contribution >= 0.6 is 0 Å². The molecule has 1 saturated heterocycles. The summed E-state index contributed by atoms with van der Waals surface area (Å²) >= 11 is 0. The van der Waals surface area contributed by atoms with Crippen molar-refractivity contribution in [2.75, 3.05) is 6.54 Å². The van der Waals surface area contributed by atoms with Gasteiger partial charge in [-0.05, 0) is 25.3 Å². The Morgan fingerprint density at radius 2 is 2.25 bits per heavy atom. The minimum absolute atomic E-state index is 0.0300. The average molecular weight is 170 g/mol. The van der Waals surface area contributed by atoms with Crippen molar-refractivity contribution in [1.82, 2.24) is 5.32 Å². The van der Waals surface area contributed by atoms with Crippen LogP contribution in [-0.4, -0.2) is 24.4 Å². The first-order valence-electron chi connectivity index (χ1n) is 4.65. The van der Waals surface area contributed by atoms with Crippen LogP contribution in [0.2, 0.25) is 0 Å². The molecule has 0 aromatic rings. The predicted octanol–water partition coefficient (Wildman–Crippen LogP) is 0.291. The Kier molecular flexibility index (Phi) is 3.23. The second kappa shape index (κ2) is 4.01. The summed E-state index contributed by atoms with van der Waals surface area (Å²) in [5.74, 6) is 0.433. The number of rotatable bonds is 3. The maximum Gasteiger partial charge on any atom is 0.166 e. The molecule has 0 aromatic heterocycles. The molecule has 3 nitrogen and oxygen atoms in total. The summed E-state index contributed by atoms with van der Waals surface area (Å²) in [7, 11) is 0. The van der Waals surface area contributed by atoms with Crippen molar-refractivity contribution in [2.45, 2.75) is 38.8 Å². The molecular formula is C9H18N2O. The van der Waals surface area contributed by atoms with Gasteiger partial charge in [0, 0.05) is 0 Å². The smallest absolute Gasteiger partial charge is 0.166 e. The van der Waals surface area contributed by atoms with Gasteiger partial charge >= 0.3 is 0 Å². The molecule has 0 spiro atoms. The van der Waals surface area contributed by atoms with E-state index in [9.17, 15) is 4.79 Å². The molecular weight excluding hydrogens is 152 g/mol. The first kappa shape index (κ1) is 9.68. The highest BCUT2D eigenvalue weighted by atomic mass is 16.1. The molecule has 1 unspecified atom stereocenters. The number of carbonyl (C=O) groups is 1. The third-order valence-electron chi connectivity index (χ3n) is 2.45. The van der Waals surface area contributed by atoms with Crippen molar-refractivity contribution in [2.24, 2.45) is 11.7 Å². The second-order valence-electron chi connectivity index (χ2n) is 3.82. The van der Waals surface area contributed by atoms with Crippen LogP contribution in [0.25, 0.3) is 0 Å². The zero-order chi connectivity index (χ0) is 9.14. The Balaban J connectivity index is 2.45. The topological polar surface area (TPSA) is 55.1 Å². The number of carbonyl (C=O) groups excluding carboxylic acids is 1. The monoisotopic (exact) mass is 170 g/mol. The number of nitrogens with one attached hydrogen (secondary N) is 1. The van der Waals surface area contributed by atoms with Crippen LogP contribution in [0.3, 0.4) is 0 Å². The summed E-state index contributed by atoms with van der Waals surface area (Å²) in [6.07, 6.45) is 2.06. The summed E-state index contributed by atoms with van der Waals surface area (Å²) in [5.41, 5.74) is 5.75. The Bertz CT molecular complexity index is 158. The Labute approximate surface area is 73.7 Å². The summed E-state index contributed by atoms with van der Waals surface area (Å²) in [5, 5.41) is 3.16. The van der Waals surface area contributed by atoms with Gasteiger partial charge in [0.1, 0.15) is 0 Å². The molecule has 1 aliphatic heterocycles. The van der Waals surface area contributed by atoms with Gasteiger partial charge in [0.2, 0.25) is 0 Å². The van der Waals surface area contributed by atoms with Gasteiger partial charge in [-0.25, -0.2) is 0 Å². The van der Waals surface area contributed by atoms with E-state index >= 15 is 0 Å². The van der Waals surface area contributed by atoms with E-state index in [2.05, 4.69) is 5.32 Å². The molecule has 12 heavy (non-hydrogen) atoms. The zero-order valence-corrected chi connectivity index (χ0v) is 7.84. The van der Waals surface area contributed by atoms with Crippen LogP contribution in [0.4, 0.5) is 0 Å². The summed E-state index contributed by atoms with van der Waals surface area (Å²) in [4.78, 5) is 11.6. The lowest BCUT2D eigenvalue weighted by atomic mass is 9.95. The number of hydrogen-bond acceptors (Lipinski definition) is 3. The SMILES string of the molecule is CC(C)[C@@H](N)C(=O)C1CCCN1. The zero-order valence-electron chi connectivity index (χ0n) is 7.84. The van der Waals surface area contributed by atoms with Crippen molar-refractivity contribution in [3.63, 3.8) is 0 Å². The fraction of sp³-hybridized carbons (Fsp3) is 0.889. The van der Waals surface area contributed by atoms with Crippen LogP contribution in [0.5, 0.6) is 0 Å². The van der Waals surface area contributed by atoms with E-state index in [1.54, 1.807) is 0 Å². The van der Waals surface area contributed by atoms with E-state index in [1.165, 1.54) is 0 Å². The number of nitrogens with two attached hydrogens (primary N) is 1. The van der Waals surface area contributed by atoms with Crippen LogP contribution < -0.4 is 11.1 Å². The minimum atomic E-state index is -0.291. The van der Waals surface area contributed by atoms with Gasteiger partial charge in [0.15, 0.2) is 5.78 Å². The molecule has 3 heteroatoms. The highest BCUT2D eigenvalue weighted by molar-refractivity contribution is 5.89. The van der Waals surface area contributed by atoms with Crippen molar-refractivity contribution >= 4 is 5.78 Å². The van der Waals surface area contributed by atoms with Crippen LogP contribution in [-0.2, 0) is 4.79 Å². The maximum absolute atomic E-state index is 11.6. The van der Waals surface area contributed by atoms with E-state index in [0.717, 1.165) is 19.4 Å². The first-order chi connectivity index (χ1) is 5.63. The Hall–Kier alpha value is -0.410. The molecule has 0 bridgehead atoms. The molecule has 0 aromatic carbocycles. The van der Waals surface area contributed by atoms with E-state index in [1.807, 2.05) is 13.8 Å². The first-order valence-corrected chi connectivity index (χ1v) is 4.65. The van der Waals surface area contributed by atoms with Gasteiger partial charge in [-0.15, -0.1) is 0 Å². The van der Waals surface area contributed by atoms with E-state index in [-0.39, 0.29) is 23.8 Å². The molecule has 1 fully saturated rings. The lowest BCUT2D eigenvalue weighted by Crippen LogP contribution is -2.45. The predicted molar refractivity (Wildman–Crippen MR) is 48.8 cm³/mol. The van der Waals surface area contributed by atoms with Crippen molar-refractivity contribution in [3.8, 4) is 0 Å². The molecule has 1 rings (SSSR count). The van der Waals surface area contributed by atoms with Gasteiger partial charge < -0.3 is 11.1 Å². The van der Waals surface area contributed by atoms with E-state index < -0.39 is 0 Å². The molecule has 70 valence electrons. The minimum Gasteiger partial charge on any atom is -0.321 e. The second-order valence-corrected chi connectivity index (χ2v) is 3.82. The number of ketones is 1. The largest absolute Gasteiger partial charge is 0.321 e.